The molecule has 0 spiro atoms. The van der Waals surface area contributed by atoms with E-state index in [0.29, 0.717) is 34.7 Å². The molecule has 1 amide bonds. The van der Waals surface area contributed by atoms with E-state index in [1.54, 1.807) is 18.3 Å². The minimum Gasteiger partial charge on any atom is -0.495 e. The Morgan fingerprint density at radius 3 is 2.12 bits per heavy atom. The van der Waals surface area contributed by atoms with E-state index in [0.717, 1.165) is 18.8 Å². The van der Waals surface area contributed by atoms with Gasteiger partial charge in [0, 0.05) is 55.4 Å². The van der Waals surface area contributed by atoms with E-state index in [4.69, 9.17) is 38.4 Å². The monoisotopic (exact) mass is 603 g/mol. The Hall–Kier alpha value is -3.97. The van der Waals surface area contributed by atoms with Gasteiger partial charge in [0.15, 0.2) is 5.82 Å². The van der Waals surface area contributed by atoms with Gasteiger partial charge in [-0.15, -0.1) is 0 Å². The number of methoxy groups -OCH3 is 2. The maximum Gasteiger partial charge on any atom is 0.337 e. The Balaban J connectivity index is 0.000000250. The zero-order chi connectivity index (χ0) is 30.3. The molecule has 0 radical (unpaired) electrons. The number of aromatic carboxylic acids is 1. The van der Waals surface area contributed by atoms with Crippen LogP contribution in [0.15, 0.2) is 36.8 Å². The number of hydrogen-bond donors (Lipinski definition) is 3. The van der Waals surface area contributed by atoms with Gasteiger partial charge in [0.1, 0.15) is 17.0 Å². The van der Waals surface area contributed by atoms with Crippen LogP contribution in [0.25, 0.3) is 22.2 Å². The number of H-pyrrole nitrogens is 1. The van der Waals surface area contributed by atoms with E-state index in [-0.39, 0.29) is 26.9 Å². The second-order valence-corrected chi connectivity index (χ2v) is 9.91. The van der Waals surface area contributed by atoms with Crippen molar-refractivity contribution in [1.82, 2.24) is 29.7 Å². The summed E-state index contributed by atoms with van der Waals surface area (Å²) in [6.45, 7) is 2.65. The number of primary amides is 1. The van der Waals surface area contributed by atoms with Crippen molar-refractivity contribution in [3.8, 4) is 22.6 Å². The molecule has 2 aromatic heterocycles. The highest BCUT2D eigenvalue weighted by molar-refractivity contribution is 6.41. The van der Waals surface area contributed by atoms with Gasteiger partial charge in [0.05, 0.1) is 41.0 Å². The van der Waals surface area contributed by atoms with Crippen molar-refractivity contribution >= 4 is 46.1 Å². The summed E-state index contributed by atoms with van der Waals surface area (Å²) in [5.41, 5.74) is 7.53. The lowest BCUT2D eigenvalue weighted by molar-refractivity contribution is 0.0698. The number of amides is 1. The second kappa shape index (κ2) is 14.1. The van der Waals surface area contributed by atoms with Crippen LogP contribution in [0.2, 0.25) is 10.0 Å². The van der Waals surface area contributed by atoms with E-state index >= 15 is 0 Å². The van der Waals surface area contributed by atoms with Crippen LogP contribution in [0.5, 0.6) is 11.5 Å². The third kappa shape index (κ3) is 7.61. The summed E-state index contributed by atoms with van der Waals surface area (Å²) >= 11 is 12.9. The first-order valence-electron chi connectivity index (χ1n) is 12.2. The van der Waals surface area contributed by atoms with Crippen molar-refractivity contribution < 1.29 is 24.2 Å². The molecule has 0 saturated heterocycles. The first-order chi connectivity index (χ1) is 19.5. The average Bonchev–Trinajstić information content (AvgIpc) is 3.41. The molecule has 2 aromatic carbocycles. The smallest absolute Gasteiger partial charge is 0.337 e. The van der Waals surface area contributed by atoms with Gasteiger partial charge in [-0.3, -0.25) is 19.7 Å². The van der Waals surface area contributed by atoms with Crippen LogP contribution in [0.4, 0.5) is 0 Å². The molecule has 0 aliphatic rings. The lowest BCUT2D eigenvalue weighted by Crippen LogP contribution is -2.28. The van der Waals surface area contributed by atoms with Crippen molar-refractivity contribution in [3.05, 3.63) is 63.9 Å². The molecule has 0 aliphatic heterocycles. The van der Waals surface area contributed by atoms with E-state index in [1.165, 1.54) is 32.7 Å². The largest absolute Gasteiger partial charge is 0.495 e. The number of ether oxygens (including phenoxy) is 2. The Morgan fingerprint density at radius 2 is 1.61 bits per heavy atom. The average molecular weight is 604 g/mol. The first kappa shape index (κ1) is 31.6. The van der Waals surface area contributed by atoms with Crippen LogP contribution in [0.1, 0.15) is 26.7 Å². The molecule has 0 fully saturated rings. The highest BCUT2D eigenvalue weighted by atomic mass is 35.5. The van der Waals surface area contributed by atoms with Crippen molar-refractivity contribution in [2.75, 3.05) is 48.5 Å². The highest BCUT2D eigenvalue weighted by Gasteiger charge is 2.23. The lowest BCUT2D eigenvalue weighted by atomic mass is 10.00. The number of carboxylic acids is 1. The van der Waals surface area contributed by atoms with E-state index in [9.17, 15) is 14.7 Å². The number of imidazole rings is 1. The number of fused-ring (bicyclic) bond motifs is 1. The molecule has 4 aromatic rings. The van der Waals surface area contributed by atoms with Crippen LogP contribution < -0.4 is 15.2 Å². The third-order valence-corrected chi connectivity index (χ3v) is 6.67. The molecule has 2 heterocycles. The quantitative estimate of drug-likeness (QED) is 0.243. The summed E-state index contributed by atoms with van der Waals surface area (Å²) in [5, 5.41) is 9.89. The Bertz CT molecular complexity index is 1520. The molecule has 0 saturated carbocycles. The van der Waals surface area contributed by atoms with Gasteiger partial charge in [0.25, 0.3) is 5.91 Å². The number of nitrogens with two attached hydrogens (primary N) is 1. The van der Waals surface area contributed by atoms with Crippen molar-refractivity contribution in [2.45, 2.75) is 6.54 Å². The molecule has 12 nitrogen and oxygen atoms in total. The SMILES string of the molecule is CN(C)CCN(C)Cc1c[nH]c(C(N)=O)n1.COc1cc(OC)c(Cl)c(-c2ccc(C(=O)O)c3nccnc23)c1Cl. The minimum absolute atomic E-state index is 0.0361. The fourth-order valence-electron chi connectivity index (χ4n) is 3.85. The summed E-state index contributed by atoms with van der Waals surface area (Å²) in [5.74, 6) is -0.662. The number of carbonyl (C=O) groups excluding carboxylic acids is 1. The number of nitrogens with one attached hydrogen (secondary N) is 1. The Kier molecular flexibility index (Phi) is 10.8. The van der Waals surface area contributed by atoms with Crippen molar-refractivity contribution in [1.29, 1.82) is 0 Å². The third-order valence-electron chi connectivity index (χ3n) is 5.92. The molecule has 0 atom stereocenters. The maximum atomic E-state index is 11.4. The standard InChI is InChI=1S/C17H12Cl2N2O4.C10H19N5O/c1-24-10-7-11(25-2)14(19)12(13(10)18)8-3-4-9(17(22)23)16-15(8)20-5-6-21-16;1-14(2)4-5-15(3)7-8-6-12-10(13-8)9(11)16/h3-7H,1-2H3,(H,22,23);6H,4-5,7H2,1-3H3,(H2,11,16)(H,12,13). The summed E-state index contributed by atoms with van der Waals surface area (Å²) in [7, 11) is 9.04. The molecule has 4 N–H and O–H groups in total. The van der Waals surface area contributed by atoms with Crippen molar-refractivity contribution in [2.24, 2.45) is 5.73 Å². The normalized spacial score (nSPS) is 11.0. The Morgan fingerprint density at radius 1 is 1.00 bits per heavy atom. The maximum absolute atomic E-state index is 11.4. The first-order valence-corrected chi connectivity index (χ1v) is 13.0. The molecule has 0 bridgehead atoms. The topological polar surface area (TPSA) is 160 Å². The number of rotatable bonds is 10. The van der Waals surface area contributed by atoms with Crippen LogP contribution in [0, 0.1) is 0 Å². The van der Waals surface area contributed by atoms with Gasteiger partial charge in [-0.05, 0) is 27.2 Å². The highest BCUT2D eigenvalue weighted by Crippen LogP contribution is 2.47. The molecular formula is C27H31Cl2N7O5. The predicted octanol–water partition coefficient (Wildman–Crippen LogP) is 3.82. The van der Waals surface area contributed by atoms with E-state index in [1.807, 2.05) is 21.1 Å². The number of nitrogens with zero attached hydrogens (tertiary/aromatic N) is 5. The number of aromatic nitrogens is 4. The number of hydrogen-bond acceptors (Lipinski definition) is 9. The van der Waals surface area contributed by atoms with Gasteiger partial charge in [-0.2, -0.15) is 0 Å². The number of aromatic amines is 1. The van der Waals surface area contributed by atoms with Gasteiger partial charge >= 0.3 is 5.97 Å². The minimum atomic E-state index is -1.10. The van der Waals surface area contributed by atoms with Gasteiger partial charge in [-0.25, -0.2) is 9.78 Å². The molecule has 218 valence electrons. The number of benzene rings is 2. The molecular weight excluding hydrogens is 573 g/mol. The van der Waals surface area contributed by atoms with Crippen molar-refractivity contribution in [3.63, 3.8) is 0 Å². The molecule has 41 heavy (non-hydrogen) atoms. The second-order valence-electron chi connectivity index (χ2n) is 9.15. The van der Waals surface area contributed by atoms with Crippen LogP contribution >= 0.6 is 23.2 Å². The van der Waals surface area contributed by atoms with Gasteiger partial charge in [0.2, 0.25) is 0 Å². The fourth-order valence-corrected chi connectivity index (χ4v) is 4.55. The Labute approximate surface area is 247 Å². The molecule has 4 rings (SSSR count). The molecule has 0 aliphatic carbocycles. The zero-order valence-corrected chi connectivity index (χ0v) is 24.7. The number of carbonyl (C=O) groups is 2. The van der Waals surface area contributed by atoms with Crippen LogP contribution in [-0.2, 0) is 6.54 Å². The lowest BCUT2D eigenvalue weighted by Gasteiger charge is -2.17. The molecule has 0 unspecified atom stereocenters. The zero-order valence-electron chi connectivity index (χ0n) is 23.2. The number of likely N-dealkylation sites (N-methyl/N-ethyl adjacent to an activating group) is 2. The van der Waals surface area contributed by atoms with E-state index < -0.39 is 11.9 Å². The number of carboxylic acid groups (broad SMARTS) is 1. The van der Waals surface area contributed by atoms with Crippen LogP contribution in [-0.4, -0.2) is 95.2 Å². The summed E-state index contributed by atoms with van der Waals surface area (Å²) in [4.78, 5) is 41.8. The van der Waals surface area contributed by atoms with Gasteiger partial charge in [-0.1, -0.05) is 29.3 Å². The number of halogens is 2. The predicted molar refractivity (Wildman–Crippen MR) is 157 cm³/mol. The van der Waals surface area contributed by atoms with Crippen LogP contribution in [0.3, 0.4) is 0 Å². The summed E-state index contributed by atoms with van der Waals surface area (Å²) in [6.07, 6.45) is 4.61. The van der Waals surface area contributed by atoms with E-state index in [2.05, 4.69) is 29.7 Å². The summed E-state index contributed by atoms with van der Waals surface area (Å²) < 4.78 is 10.6. The summed E-state index contributed by atoms with van der Waals surface area (Å²) in [6, 6.07) is 4.60. The van der Waals surface area contributed by atoms with Gasteiger partial charge < -0.3 is 30.2 Å². The molecule has 14 heteroatoms. The fraction of sp³-hybridized carbons (Fsp3) is 0.296.